The van der Waals surface area contributed by atoms with Gasteiger partial charge in [-0.1, -0.05) is 13.8 Å². The first kappa shape index (κ1) is 15.8. The lowest BCUT2D eigenvalue weighted by Crippen LogP contribution is -2.37. The van der Waals surface area contributed by atoms with Crippen LogP contribution in [0.25, 0.3) is 0 Å². The Morgan fingerprint density at radius 3 is 2.87 bits per heavy atom. The number of ether oxygens (including phenoxy) is 1. The maximum Gasteiger partial charge on any atom is 0.327 e. The summed E-state index contributed by atoms with van der Waals surface area (Å²) in [6, 6.07) is 3.53. The lowest BCUT2D eigenvalue weighted by molar-refractivity contribution is -0.127. The van der Waals surface area contributed by atoms with Gasteiger partial charge in [0.05, 0.1) is 12.6 Å². The van der Waals surface area contributed by atoms with Gasteiger partial charge in [0, 0.05) is 12.1 Å². The first-order valence-electron chi connectivity index (χ1n) is 8.00. The van der Waals surface area contributed by atoms with Crippen molar-refractivity contribution >= 4 is 11.9 Å². The molecule has 6 heteroatoms. The van der Waals surface area contributed by atoms with E-state index in [0.717, 1.165) is 0 Å². The van der Waals surface area contributed by atoms with E-state index in [4.69, 9.17) is 4.74 Å². The number of imide groups is 1. The minimum atomic E-state index is -0.458. The minimum Gasteiger partial charge on any atom is -0.493 e. The lowest BCUT2D eigenvalue weighted by atomic mass is 10.0. The first-order valence-corrected chi connectivity index (χ1v) is 8.00. The van der Waals surface area contributed by atoms with Crippen LogP contribution in [-0.2, 0) is 4.79 Å². The van der Waals surface area contributed by atoms with Gasteiger partial charge in [0.25, 0.3) is 5.91 Å². The van der Waals surface area contributed by atoms with Crippen LogP contribution < -0.4 is 4.74 Å². The van der Waals surface area contributed by atoms with Crippen LogP contribution in [0.4, 0.5) is 9.18 Å². The van der Waals surface area contributed by atoms with Crippen LogP contribution in [0.5, 0.6) is 5.75 Å². The van der Waals surface area contributed by atoms with E-state index in [0.29, 0.717) is 37.3 Å². The number of hydrogen-bond acceptors (Lipinski definition) is 3. The third kappa shape index (κ3) is 3.02. The van der Waals surface area contributed by atoms with Crippen molar-refractivity contribution in [2.75, 3.05) is 19.7 Å². The summed E-state index contributed by atoms with van der Waals surface area (Å²) < 4.78 is 19.3. The predicted octanol–water partition coefficient (Wildman–Crippen LogP) is 2.96. The summed E-state index contributed by atoms with van der Waals surface area (Å²) in [7, 11) is 0. The van der Waals surface area contributed by atoms with E-state index in [2.05, 4.69) is 0 Å². The molecule has 0 saturated carbocycles. The summed E-state index contributed by atoms with van der Waals surface area (Å²) >= 11 is 0. The van der Waals surface area contributed by atoms with Crippen molar-refractivity contribution in [1.82, 2.24) is 9.80 Å². The molecule has 1 unspecified atom stereocenters. The molecule has 0 spiro atoms. The molecular weight excluding hydrogens is 299 g/mol. The molecule has 0 radical (unpaired) electrons. The van der Waals surface area contributed by atoms with Crippen molar-refractivity contribution in [2.45, 2.75) is 32.7 Å². The summed E-state index contributed by atoms with van der Waals surface area (Å²) in [4.78, 5) is 27.9. The molecular formula is C17H21FN2O3. The monoisotopic (exact) mass is 320 g/mol. The van der Waals surface area contributed by atoms with Crippen molar-refractivity contribution in [3.63, 3.8) is 0 Å². The minimum absolute atomic E-state index is 0.0962. The Morgan fingerprint density at radius 2 is 2.13 bits per heavy atom. The highest BCUT2D eigenvalue weighted by Crippen LogP contribution is 2.38. The number of urea groups is 1. The number of hydrogen-bond donors (Lipinski definition) is 0. The molecule has 0 bridgehead atoms. The number of fused-ring (bicyclic) bond motifs is 1. The molecule has 5 nitrogen and oxygen atoms in total. The molecule has 0 aromatic heterocycles. The van der Waals surface area contributed by atoms with Crippen molar-refractivity contribution in [2.24, 2.45) is 5.92 Å². The van der Waals surface area contributed by atoms with E-state index < -0.39 is 11.9 Å². The standard InChI is InChI=1S/C17H21FN2O3/c1-11(2)9-19-10-16(21)20(17(19)22)14-4-3-7-23-15-6-5-12(18)8-13(14)15/h5-6,8,11,14H,3-4,7,9-10H2,1-2H3. The molecule has 2 heterocycles. The topological polar surface area (TPSA) is 49.9 Å². The predicted molar refractivity (Wildman–Crippen MR) is 82.5 cm³/mol. The molecule has 124 valence electrons. The van der Waals surface area contributed by atoms with E-state index in [1.54, 1.807) is 11.0 Å². The van der Waals surface area contributed by atoms with Gasteiger partial charge in [-0.05, 0) is 37.0 Å². The Hall–Kier alpha value is -2.11. The first-order chi connectivity index (χ1) is 11.0. The molecule has 2 aliphatic rings. The zero-order valence-electron chi connectivity index (χ0n) is 13.4. The van der Waals surface area contributed by atoms with Gasteiger partial charge in [-0.2, -0.15) is 0 Å². The molecule has 23 heavy (non-hydrogen) atoms. The van der Waals surface area contributed by atoms with E-state index in [-0.39, 0.29) is 24.4 Å². The second-order valence-electron chi connectivity index (χ2n) is 6.51. The van der Waals surface area contributed by atoms with E-state index in [1.165, 1.54) is 17.0 Å². The highest BCUT2D eigenvalue weighted by Gasteiger charge is 2.42. The Kier molecular flexibility index (Phi) is 4.24. The summed E-state index contributed by atoms with van der Waals surface area (Å²) in [5.74, 6) is 0.223. The highest BCUT2D eigenvalue weighted by atomic mass is 19.1. The molecule has 3 rings (SSSR count). The van der Waals surface area contributed by atoms with Gasteiger partial charge in [-0.3, -0.25) is 9.69 Å². The normalized spacial score (nSPS) is 21.5. The Bertz CT molecular complexity index is 632. The van der Waals surface area contributed by atoms with E-state index >= 15 is 0 Å². The highest BCUT2D eigenvalue weighted by molar-refractivity contribution is 6.02. The second-order valence-corrected chi connectivity index (χ2v) is 6.51. The molecule has 1 saturated heterocycles. The van der Waals surface area contributed by atoms with Crippen molar-refractivity contribution in [3.05, 3.63) is 29.6 Å². The van der Waals surface area contributed by atoms with Crippen molar-refractivity contribution in [1.29, 1.82) is 0 Å². The molecule has 1 atom stereocenters. The van der Waals surface area contributed by atoms with Gasteiger partial charge in [-0.15, -0.1) is 0 Å². The average Bonchev–Trinajstić information content (AvgIpc) is 2.66. The quantitative estimate of drug-likeness (QED) is 0.805. The number of nitrogens with zero attached hydrogens (tertiary/aromatic N) is 2. The maximum atomic E-state index is 13.7. The van der Waals surface area contributed by atoms with Crippen LogP contribution in [0.1, 0.15) is 38.3 Å². The largest absolute Gasteiger partial charge is 0.493 e. The Balaban J connectivity index is 1.93. The van der Waals surface area contributed by atoms with Crippen molar-refractivity contribution in [3.8, 4) is 5.75 Å². The molecule has 1 fully saturated rings. The lowest BCUT2D eigenvalue weighted by Gasteiger charge is -2.26. The summed E-state index contributed by atoms with van der Waals surface area (Å²) in [6.07, 6.45) is 1.30. The fourth-order valence-electron chi connectivity index (χ4n) is 3.25. The molecule has 0 N–H and O–H groups in total. The number of rotatable bonds is 3. The van der Waals surface area contributed by atoms with Gasteiger partial charge in [0.1, 0.15) is 18.1 Å². The Labute approximate surface area is 135 Å². The number of halogens is 1. The molecule has 0 aliphatic carbocycles. The summed E-state index contributed by atoms with van der Waals surface area (Å²) in [6.45, 7) is 5.15. The number of benzene rings is 1. The van der Waals surface area contributed by atoms with Gasteiger partial charge in [-0.25, -0.2) is 9.18 Å². The van der Waals surface area contributed by atoms with Gasteiger partial charge >= 0.3 is 6.03 Å². The van der Waals surface area contributed by atoms with Gasteiger partial charge in [0.15, 0.2) is 0 Å². The SMILES string of the molecule is CC(C)CN1CC(=O)N(C2CCCOc3ccc(F)cc32)C1=O. The summed E-state index contributed by atoms with van der Waals surface area (Å²) in [5.41, 5.74) is 0.579. The third-order valence-corrected chi connectivity index (χ3v) is 4.18. The molecule has 1 aromatic rings. The summed E-state index contributed by atoms with van der Waals surface area (Å²) in [5, 5.41) is 0. The average molecular weight is 320 g/mol. The van der Waals surface area contributed by atoms with Crippen molar-refractivity contribution < 1.29 is 18.7 Å². The van der Waals surface area contributed by atoms with Gasteiger partial charge in [0.2, 0.25) is 0 Å². The van der Waals surface area contributed by atoms with Crippen LogP contribution in [0.15, 0.2) is 18.2 Å². The van der Waals surface area contributed by atoms with E-state index in [9.17, 15) is 14.0 Å². The van der Waals surface area contributed by atoms with Crippen LogP contribution in [0.3, 0.4) is 0 Å². The van der Waals surface area contributed by atoms with Crippen LogP contribution in [0.2, 0.25) is 0 Å². The van der Waals surface area contributed by atoms with Gasteiger partial charge < -0.3 is 9.64 Å². The zero-order chi connectivity index (χ0) is 16.6. The Morgan fingerprint density at radius 1 is 1.35 bits per heavy atom. The van der Waals surface area contributed by atoms with Crippen LogP contribution in [0, 0.1) is 11.7 Å². The fraction of sp³-hybridized carbons (Fsp3) is 0.529. The third-order valence-electron chi connectivity index (χ3n) is 4.18. The van der Waals surface area contributed by atoms with Crippen LogP contribution in [-0.4, -0.2) is 41.4 Å². The smallest absolute Gasteiger partial charge is 0.327 e. The second kappa shape index (κ2) is 6.18. The maximum absolute atomic E-state index is 13.7. The number of carbonyl (C=O) groups is 2. The van der Waals surface area contributed by atoms with E-state index in [1.807, 2.05) is 13.8 Å². The molecule has 2 aliphatic heterocycles. The van der Waals surface area contributed by atoms with Crippen LogP contribution >= 0.6 is 0 Å². The molecule has 1 aromatic carbocycles. The number of amides is 3. The zero-order valence-corrected chi connectivity index (χ0v) is 13.4. The fourth-order valence-corrected chi connectivity index (χ4v) is 3.25. The number of carbonyl (C=O) groups excluding carboxylic acids is 2. The molecule has 3 amide bonds.